The minimum atomic E-state index is -0.232. The van der Waals surface area contributed by atoms with Gasteiger partial charge in [0.25, 0.3) is 0 Å². The van der Waals surface area contributed by atoms with Crippen LogP contribution in [0, 0.1) is 5.82 Å². The molecule has 0 aromatic heterocycles. The van der Waals surface area contributed by atoms with Gasteiger partial charge in [-0.1, -0.05) is 82.3 Å². The standard InChI is InChI=1S/C24H31FN2/c1-3-5-6-7-8-10-21-15-16-23(24(25)17-21)19-27-26-18-22-13-11-20(9-4-2)12-14-22/h11-19H,3-10H2,1-2H3/b26-18+,27-19+. The second-order valence-corrected chi connectivity index (χ2v) is 7.00. The summed E-state index contributed by atoms with van der Waals surface area (Å²) in [6, 6.07) is 13.7. The molecule has 2 aromatic rings. The van der Waals surface area contributed by atoms with E-state index in [0.717, 1.165) is 36.8 Å². The van der Waals surface area contributed by atoms with Gasteiger partial charge in [0.1, 0.15) is 5.82 Å². The average molecular weight is 367 g/mol. The zero-order valence-corrected chi connectivity index (χ0v) is 16.6. The van der Waals surface area contributed by atoms with Crippen molar-refractivity contribution in [2.24, 2.45) is 10.2 Å². The molecule has 2 nitrogen and oxygen atoms in total. The molecular formula is C24H31FN2. The van der Waals surface area contributed by atoms with Gasteiger partial charge in [-0.3, -0.25) is 0 Å². The van der Waals surface area contributed by atoms with Crippen LogP contribution in [-0.2, 0) is 12.8 Å². The summed E-state index contributed by atoms with van der Waals surface area (Å²) >= 11 is 0. The topological polar surface area (TPSA) is 24.7 Å². The summed E-state index contributed by atoms with van der Waals surface area (Å²) in [6.07, 6.45) is 12.5. The molecule has 0 aliphatic carbocycles. The first-order valence-corrected chi connectivity index (χ1v) is 10.2. The summed E-state index contributed by atoms with van der Waals surface area (Å²) in [5.41, 5.74) is 3.84. The Labute approximate surface area is 163 Å². The molecule has 0 saturated carbocycles. The first-order valence-electron chi connectivity index (χ1n) is 10.2. The third-order valence-corrected chi connectivity index (χ3v) is 4.62. The van der Waals surface area contributed by atoms with Crippen LogP contribution < -0.4 is 0 Å². The van der Waals surface area contributed by atoms with E-state index >= 15 is 0 Å². The van der Waals surface area contributed by atoms with Crippen LogP contribution in [0.1, 0.15) is 74.6 Å². The molecule has 0 saturated heterocycles. The predicted octanol–water partition coefficient (Wildman–Crippen LogP) is 6.74. The number of unbranched alkanes of at least 4 members (excludes halogenated alkanes) is 4. The third-order valence-electron chi connectivity index (χ3n) is 4.62. The Hall–Kier alpha value is -2.29. The molecule has 144 valence electrons. The Morgan fingerprint density at radius 3 is 2.15 bits per heavy atom. The van der Waals surface area contributed by atoms with Crippen LogP contribution in [0.15, 0.2) is 52.7 Å². The maximum absolute atomic E-state index is 14.2. The number of benzene rings is 2. The van der Waals surface area contributed by atoms with Gasteiger partial charge in [0.15, 0.2) is 0 Å². The van der Waals surface area contributed by atoms with Crippen molar-refractivity contribution in [1.82, 2.24) is 0 Å². The number of halogens is 1. The van der Waals surface area contributed by atoms with Crippen molar-refractivity contribution >= 4 is 12.4 Å². The minimum absolute atomic E-state index is 0.232. The maximum atomic E-state index is 14.2. The molecule has 3 heteroatoms. The minimum Gasteiger partial charge on any atom is -0.206 e. The molecule has 0 spiro atoms. The Morgan fingerprint density at radius 1 is 0.741 bits per heavy atom. The summed E-state index contributed by atoms with van der Waals surface area (Å²) in [7, 11) is 0. The van der Waals surface area contributed by atoms with E-state index in [2.05, 4.69) is 36.2 Å². The van der Waals surface area contributed by atoms with Gasteiger partial charge < -0.3 is 0 Å². The second-order valence-electron chi connectivity index (χ2n) is 7.00. The molecule has 0 atom stereocenters. The summed E-state index contributed by atoms with van der Waals surface area (Å²) in [6.45, 7) is 4.38. The van der Waals surface area contributed by atoms with E-state index in [9.17, 15) is 4.39 Å². The van der Waals surface area contributed by atoms with Crippen molar-refractivity contribution in [2.75, 3.05) is 0 Å². The van der Waals surface area contributed by atoms with Crippen LogP contribution in [0.4, 0.5) is 4.39 Å². The highest BCUT2D eigenvalue weighted by atomic mass is 19.1. The molecule has 0 aliphatic heterocycles. The lowest BCUT2D eigenvalue weighted by Gasteiger charge is -2.03. The molecule has 0 fully saturated rings. The lowest BCUT2D eigenvalue weighted by molar-refractivity contribution is 0.614. The first kappa shape index (κ1) is 21.0. The van der Waals surface area contributed by atoms with Gasteiger partial charge in [-0.25, -0.2) is 4.39 Å². The molecule has 0 heterocycles. The van der Waals surface area contributed by atoms with Gasteiger partial charge >= 0.3 is 0 Å². The predicted molar refractivity (Wildman–Crippen MR) is 114 cm³/mol. The van der Waals surface area contributed by atoms with Crippen LogP contribution in [0.2, 0.25) is 0 Å². The third kappa shape index (κ3) is 7.86. The molecule has 2 aromatic carbocycles. The lowest BCUT2D eigenvalue weighted by atomic mass is 10.0. The maximum Gasteiger partial charge on any atom is 0.132 e. The van der Waals surface area contributed by atoms with E-state index in [1.807, 2.05) is 18.2 Å². The molecule has 0 radical (unpaired) electrons. The SMILES string of the molecule is CCCCCCCc1ccc(/C=N/N=C/c2ccc(CCC)cc2)c(F)c1. The van der Waals surface area contributed by atoms with E-state index in [-0.39, 0.29) is 5.82 Å². The Bertz CT molecular complexity index is 733. The zero-order valence-electron chi connectivity index (χ0n) is 16.6. The van der Waals surface area contributed by atoms with E-state index in [1.54, 1.807) is 18.3 Å². The van der Waals surface area contributed by atoms with Gasteiger partial charge in [-0.2, -0.15) is 10.2 Å². The summed E-state index contributed by atoms with van der Waals surface area (Å²) < 4.78 is 14.2. The summed E-state index contributed by atoms with van der Waals surface area (Å²) in [4.78, 5) is 0. The zero-order chi connectivity index (χ0) is 19.3. The van der Waals surface area contributed by atoms with Crippen molar-refractivity contribution < 1.29 is 4.39 Å². The first-order chi connectivity index (χ1) is 13.2. The fraction of sp³-hybridized carbons (Fsp3) is 0.417. The molecule has 0 amide bonds. The van der Waals surface area contributed by atoms with Crippen molar-refractivity contribution in [3.63, 3.8) is 0 Å². The van der Waals surface area contributed by atoms with E-state index in [0.29, 0.717) is 5.56 Å². The van der Waals surface area contributed by atoms with Gasteiger partial charge in [0.05, 0.1) is 12.4 Å². The van der Waals surface area contributed by atoms with Crippen LogP contribution >= 0.6 is 0 Å². The summed E-state index contributed by atoms with van der Waals surface area (Å²) in [5.74, 6) is -0.232. The molecular weight excluding hydrogens is 335 g/mol. The number of rotatable bonds is 11. The smallest absolute Gasteiger partial charge is 0.132 e. The molecule has 0 aliphatic rings. The van der Waals surface area contributed by atoms with Gasteiger partial charge in [0.2, 0.25) is 0 Å². The van der Waals surface area contributed by atoms with Crippen LogP contribution in [0.3, 0.4) is 0 Å². The van der Waals surface area contributed by atoms with Crippen molar-refractivity contribution in [2.45, 2.75) is 65.2 Å². The van der Waals surface area contributed by atoms with Crippen LogP contribution in [0.25, 0.3) is 0 Å². The van der Waals surface area contributed by atoms with Crippen molar-refractivity contribution in [3.05, 3.63) is 70.5 Å². The van der Waals surface area contributed by atoms with E-state index in [4.69, 9.17) is 0 Å². The number of hydrogen-bond acceptors (Lipinski definition) is 2. The lowest BCUT2D eigenvalue weighted by Crippen LogP contribution is -1.93. The highest BCUT2D eigenvalue weighted by Crippen LogP contribution is 2.13. The molecule has 0 N–H and O–H groups in total. The van der Waals surface area contributed by atoms with Crippen molar-refractivity contribution in [1.29, 1.82) is 0 Å². The monoisotopic (exact) mass is 366 g/mol. The van der Waals surface area contributed by atoms with Gasteiger partial charge in [0, 0.05) is 5.56 Å². The Balaban J connectivity index is 1.85. The average Bonchev–Trinajstić information content (AvgIpc) is 2.68. The quantitative estimate of drug-likeness (QED) is 0.239. The highest BCUT2D eigenvalue weighted by molar-refractivity contribution is 5.82. The Kier molecular flexibility index (Phi) is 9.47. The van der Waals surface area contributed by atoms with Gasteiger partial charge in [-0.15, -0.1) is 0 Å². The Morgan fingerprint density at radius 2 is 1.44 bits per heavy atom. The second kappa shape index (κ2) is 12.2. The fourth-order valence-electron chi connectivity index (χ4n) is 3.02. The molecule has 0 bridgehead atoms. The van der Waals surface area contributed by atoms with Crippen molar-refractivity contribution in [3.8, 4) is 0 Å². The van der Waals surface area contributed by atoms with E-state index < -0.39 is 0 Å². The molecule has 27 heavy (non-hydrogen) atoms. The summed E-state index contributed by atoms with van der Waals surface area (Å²) in [5, 5.41) is 8.02. The van der Waals surface area contributed by atoms with Gasteiger partial charge in [-0.05, 0) is 42.0 Å². The fourth-order valence-corrected chi connectivity index (χ4v) is 3.02. The normalized spacial score (nSPS) is 11.7. The highest BCUT2D eigenvalue weighted by Gasteiger charge is 2.02. The molecule has 2 rings (SSSR count). The van der Waals surface area contributed by atoms with Crippen LogP contribution in [-0.4, -0.2) is 12.4 Å². The number of hydrogen-bond donors (Lipinski definition) is 0. The van der Waals surface area contributed by atoms with E-state index in [1.165, 1.54) is 37.5 Å². The number of nitrogens with zero attached hydrogens (tertiary/aromatic N) is 2. The van der Waals surface area contributed by atoms with Crippen LogP contribution in [0.5, 0.6) is 0 Å². The molecule has 0 unspecified atom stereocenters. The number of aryl methyl sites for hydroxylation is 2. The largest absolute Gasteiger partial charge is 0.206 e.